The summed E-state index contributed by atoms with van der Waals surface area (Å²) in [5.41, 5.74) is -0.348. The molecular formula is C24H32F2N6O2S. The van der Waals surface area contributed by atoms with Crippen LogP contribution in [0.2, 0.25) is 0 Å². The molecule has 2 atom stereocenters. The number of azo groups is 1. The SMILES string of the molecule is C=C(/C=C(\N=N/C)c1c(F)cccc1F)C1CCC(C)(CN(CC)S(=O)(=O)c2ncn[nH]2)C1(C)C. The van der Waals surface area contributed by atoms with Crippen LogP contribution >= 0.6 is 0 Å². The molecule has 0 aliphatic heterocycles. The maximum absolute atomic E-state index is 14.5. The van der Waals surface area contributed by atoms with E-state index in [2.05, 4.69) is 52.8 Å². The Labute approximate surface area is 205 Å². The van der Waals surface area contributed by atoms with E-state index in [9.17, 15) is 17.2 Å². The van der Waals surface area contributed by atoms with Gasteiger partial charge in [-0.15, -0.1) is 0 Å². The van der Waals surface area contributed by atoms with Crippen molar-refractivity contribution in [3.8, 4) is 0 Å². The fraction of sp³-hybridized carbons (Fsp3) is 0.500. The van der Waals surface area contributed by atoms with Crippen molar-refractivity contribution in [2.24, 2.45) is 27.0 Å². The van der Waals surface area contributed by atoms with Gasteiger partial charge in [0.1, 0.15) is 18.0 Å². The van der Waals surface area contributed by atoms with Gasteiger partial charge >= 0.3 is 0 Å². The predicted molar refractivity (Wildman–Crippen MR) is 130 cm³/mol. The van der Waals surface area contributed by atoms with Crippen molar-refractivity contribution in [3.63, 3.8) is 0 Å². The van der Waals surface area contributed by atoms with E-state index in [-0.39, 0.29) is 35.4 Å². The number of nitrogens with one attached hydrogen (secondary N) is 1. The summed E-state index contributed by atoms with van der Waals surface area (Å²) in [6.07, 6.45) is 4.21. The Morgan fingerprint density at radius 1 is 1.31 bits per heavy atom. The molecule has 1 fully saturated rings. The highest BCUT2D eigenvalue weighted by Gasteiger charge is 2.53. The zero-order chi connectivity index (χ0) is 26.0. The van der Waals surface area contributed by atoms with Gasteiger partial charge in [0, 0.05) is 20.1 Å². The third kappa shape index (κ3) is 4.97. The third-order valence-corrected chi connectivity index (χ3v) is 9.22. The molecule has 3 rings (SSSR count). The molecule has 0 spiro atoms. The summed E-state index contributed by atoms with van der Waals surface area (Å²) in [6, 6.07) is 3.64. The van der Waals surface area contributed by atoms with E-state index in [1.807, 2.05) is 0 Å². The first-order chi connectivity index (χ1) is 16.4. The van der Waals surface area contributed by atoms with Gasteiger partial charge in [0.15, 0.2) is 0 Å². The van der Waals surface area contributed by atoms with E-state index in [0.717, 1.165) is 19.2 Å². The predicted octanol–water partition coefficient (Wildman–Crippen LogP) is 5.22. The van der Waals surface area contributed by atoms with E-state index < -0.39 is 32.5 Å². The Morgan fingerprint density at radius 2 is 1.97 bits per heavy atom. The van der Waals surface area contributed by atoms with Gasteiger partial charge in [0.2, 0.25) is 0 Å². The minimum atomic E-state index is -3.83. The first-order valence-corrected chi connectivity index (χ1v) is 12.8. The Kier molecular flexibility index (Phi) is 7.71. The summed E-state index contributed by atoms with van der Waals surface area (Å²) in [5.74, 6) is -1.54. The maximum Gasteiger partial charge on any atom is 0.278 e. The number of hydrogen-bond donors (Lipinski definition) is 1. The van der Waals surface area contributed by atoms with Gasteiger partial charge in [0.05, 0.1) is 11.3 Å². The monoisotopic (exact) mass is 506 g/mol. The van der Waals surface area contributed by atoms with Crippen LogP contribution in [0, 0.1) is 28.4 Å². The molecule has 0 amide bonds. The van der Waals surface area contributed by atoms with Gasteiger partial charge in [-0.05, 0) is 53.4 Å². The van der Waals surface area contributed by atoms with Crippen molar-refractivity contribution in [1.29, 1.82) is 0 Å². The van der Waals surface area contributed by atoms with Crippen molar-refractivity contribution in [3.05, 3.63) is 60.0 Å². The number of allylic oxidation sites excluding steroid dienone is 2. The van der Waals surface area contributed by atoms with E-state index in [0.29, 0.717) is 5.57 Å². The molecule has 1 aliphatic rings. The lowest BCUT2D eigenvalue weighted by Crippen LogP contribution is -2.46. The van der Waals surface area contributed by atoms with Crippen LogP contribution in [-0.2, 0) is 10.0 Å². The molecule has 0 radical (unpaired) electrons. The number of halogens is 2. The molecular weight excluding hydrogens is 474 g/mol. The molecule has 8 nitrogen and oxygen atoms in total. The molecule has 1 heterocycles. The maximum atomic E-state index is 14.5. The summed E-state index contributed by atoms with van der Waals surface area (Å²) < 4.78 is 56.5. The minimum Gasteiger partial charge on any atom is -0.249 e. The van der Waals surface area contributed by atoms with Crippen molar-refractivity contribution >= 4 is 15.7 Å². The number of benzene rings is 1. The van der Waals surface area contributed by atoms with Crippen molar-refractivity contribution in [2.75, 3.05) is 20.1 Å². The van der Waals surface area contributed by atoms with E-state index in [1.54, 1.807) is 13.0 Å². The second-order valence-electron chi connectivity index (χ2n) is 9.60. The Balaban J connectivity index is 1.92. The molecule has 2 unspecified atom stereocenters. The third-order valence-electron chi connectivity index (χ3n) is 7.46. The van der Waals surface area contributed by atoms with Crippen LogP contribution in [0.4, 0.5) is 8.78 Å². The molecule has 190 valence electrons. The molecule has 1 aliphatic carbocycles. The van der Waals surface area contributed by atoms with Crippen LogP contribution < -0.4 is 0 Å². The average molecular weight is 507 g/mol. The second kappa shape index (κ2) is 10.1. The Morgan fingerprint density at radius 3 is 2.51 bits per heavy atom. The molecule has 0 saturated heterocycles. The highest BCUT2D eigenvalue weighted by atomic mass is 32.2. The molecule has 1 saturated carbocycles. The van der Waals surface area contributed by atoms with Crippen LogP contribution in [0.15, 0.2) is 58.1 Å². The van der Waals surface area contributed by atoms with Crippen LogP contribution in [0.5, 0.6) is 0 Å². The number of nitrogens with zero attached hydrogens (tertiary/aromatic N) is 5. The van der Waals surface area contributed by atoms with E-state index in [1.165, 1.54) is 29.6 Å². The molecule has 11 heteroatoms. The topological polar surface area (TPSA) is 104 Å². The van der Waals surface area contributed by atoms with Crippen molar-refractivity contribution in [2.45, 2.75) is 45.7 Å². The first kappa shape index (κ1) is 26.8. The van der Waals surface area contributed by atoms with Crippen molar-refractivity contribution < 1.29 is 17.2 Å². The summed E-state index contributed by atoms with van der Waals surface area (Å²) in [5, 5.41) is 13.6. The number of hydrogen-bond acceptors (Lipinski definition) is 6. The summed E-state index contributed by atoms with van der Waals surface area (Å²) in [7, 11) is -2.40. The zero-order valence-corrected chi connectivity index (χ0v) is 21.5. The zero-order valence-electron chi connectivity index (χ0n) is 20.7. The van der Waals surface area contributed by atoms with Gasteiger partial charge in [-0.2, -0.15) is 19.6 Å². The van der Waals surface area contributed by atoms with E-state index >= 15 is 0 Å². The van der Waals surface area contributed by atoms with Gasteiger partial charge in [-0.25, -0.2) is 27.3 Å². The van der Waals surface area contributed by atoms with Gasteiger partial charge in [-0.3, -0.25) is 0 Å². The quantitative estimate of drug-likeness (QED) is 0.372. The van der Waals surface area contributed by atoms with Crippen LogP contribution in [0.25, 0.3) is 5.70 Å². The molecule has 1 aromatic heterocycles. The molecule has 0 bridgehead atoms. The number of sulfonamides is 1. The summed E-state index contributed by atoms with van der Waals surface area (Å²) in [6.45, 7) is 12.7. The van der Waals surface area contributed by atoms with Gasteiger partial charge in [-0.1, -0.05) is 40.3 Å². The fourth-order valence-electron chi connectivity index (χ4n) is 4.97. The average Bonchev–Trinajstić information content (AvgIpc) is 3.40. The lowest BCUT2D eigenvalue weighted by Gasteiger charge is -2.44. The normalized spacial score (nSPS) is 22.9. The molecule has 1 aromatic carbocycles. The Hall–Kier alpha value is -2.79. The van der Waals surface area contributed by atoms with Crippen LogP contribution in [-0.4, -0.2) is 48.0 Å². The highest BCUT2D eigenvalue weighted by molar-refractivity contribution is 7.88. The Bertz CT molecular complexity index is 1220. The van der Waals surface area contributed by atoms with E-state index in [4.69, 9.17) is 0 Å². The summed E-state index contributed by atoms with van der Waals surface area (Å²) >= 11 is 0. The molecule has 2 aromatic rings. The number of rotatable bonds is 9. The van der Waals surface area contributed by atoms with Crippen LogP contribution in [0.1, 0.15) is 46.1 Å². The number of H-pyrrole nitrogens is 1. The highest BCUT2D eigenvalue weighted by Crippen LogP contribution is 2.58. The lowest BCUT2D eigenvalue weighted by molar-refractivity contribution is 0.0801. The second-order valence-corrected chi connectivity index (χ2v) is 11.4. The van der Waals surface area contributed by atoms with Crippen molar-refractivity contribution in [1.82, 2.24) is 19.5 Å². The minimum absolute atomic E-state index is 0.0561. The molecule has 1 N–H and O–H groups in total. The first-order valence-electron chi connectivity index (χ1n) is 11.4. The van der Waals surface area contributed by atoms with Crippen LogP contribution in [0.3, 0.4) is 0 Å². The van der Waals surface area contributed by atoms with Gasteiger partial charge in [0.25, 0.3) is 15.2 Å². The smallest absolute Gasteiger partial charge is 0.249 e. The van der Waals surface area contributed by atoms with Gasteiger partial charge < -0.3 is 0 Å². The number of aromatic amines is 1. The fourth-order valence-corrected chi connectivity index (χ4v) is 6.36. The lowest BCUT2D eigenvalue weighted by atomic mass is 9.64. The number of aromatic nitrogens is 3. The molecule has 35 heavy (non-hydrogen) atoms. The summed E-state index contributed by atoms with van der Waals surface area (Å²) in [4.78, 5) is 3.83. The largest absolute Gasteiger partial charge is 0.278 e. The standard InChI is InChI=1S/C24H32F2N6O2S/c1-7-32(35(33,34)22-28-15-29-31-22)14-24(5)12-11-17(23(24,3)4)16(2)13-20(30-27-6)21-18(25)9-8-10-19(21)26/h8-10,13,15,17H,2,7,11-12,14H2,1,3-6H3,(H,28,29,31)/b20-13-,30-27-.